The maximum Gasteiger partial charge on any atom is 0.253 e. The Hall–Kier alpha value is -2.00. The summed E-state index contributed by atoms with van der Waals surface area (Å²) in [5.74, 6) is 0. The van der Waals surface area contributed by atoms with Gasteiger partial charge in [0, 0.05) is 44.9 Å². The minimum Gasteiger partial charge on any atom is -0.379 e. The number of thiocarbonyl (C=S) groups is 1. The first-order chi connectivity index (χ1) is 15.5. The molecule has 0 unspecified atom stereocenters. The second-order valence-corrected chi connectivity index (χ2v) is 9.25. The number of hydrogen-bond acceptors (Lipinski definition) is 5. The molecule has 1 atom stereocenters. The third kappa shape index (κ3) is 5.86. The molecule has 2 aromatic rings. The van der Waals surface area contributed by atoms with Crippen molar-refractivity contribution in [3.05, 3.63) is 45.2 Å². The fourth-order valence-corrected chi connectivity index (χ4v) is 4.75. The van der Waals surface area contributed by atoms with Gasteiger partial charge in [-0.2, -0.15) is 0 Å². The van der Waals surface area contributed by atoms with Crippen molar-refractivity contribution in [1.82, 2.24) is 20.1 Å². The minimum atomic E-state index is -0.0530. The van der Waals surface area contributed by atoms with Gasteiger partial charge < -0.3 is 24.7 Å². The van der Waals surface area contributed by atoms with Gasteiger partial charge in [-0.3, -0.25) is 9.69 Å². The van der Waals surface area contributed by atoms with Crippen LogP contribution < -0.4 is 10.9 Å². The predicted molar refractivity (Wildman–Crippen MR) is 131 cm³/mol. The topological polar surface area (TPSA) is 69.8 Å². The number of aromatic nitrogens is 1. The molecule has 2 aliphatic heterocycles. The van der Waals surface area contributed by atoms with Gasteiger partial charge in [0.15, 0.2) is 5.11 Å². The summed E-state index contributed by atoms with van der Waals surface area (Å²) in [6.45, 7) is 11.1. The molecule has 4 rings (SSSR count). The first-order valence-corrected chi connectivity index (χ1v) is 12.0. The van der Waals surface area contributed by atoms with Crippen molar-refractivity contribution in [1.29, 1.82) is 0 Å². The number of hydrogen-bond donors (Lipinski definition) is 2. The third-order valence-corrected chi connectivity index (χ3v) is 6.72. The van der Waals surface area contributed by atoms with Crippen LogP contribution in [0.25, 0.3) is 10.9 Å². The lowest BCUT2D eigenvalue weighted by Crippen LogP contribution is -2.47. The van der Waals surface area contributed by atoms with E-state index >= 15 is 0 Å². The fourth-order valence-electron chi connectivity index (χ4n) is 4.51. The van der Waals surface area contributed by atoms with E-state index in [9.17, 15) is 4.79 Å². The standard InChI is InChI=1S/C24H34N4O3S/c1-17-12-18(2)22-19(13-17)14-20(23(29)26-22)16-28(6-5-27-7-10-30-11-8-27)24(32)25-15-21-4-3-9-31-21/h12-14,21H,3-11,15-16H2,1-2H3,(H,25,32)(H,26,29)/t21-/m1/s1. The molecular weight excluding hydrogens is 424 g/mol. The van der Waals surface area contributed by atoms with Crippen LogP contribution in [0.3, 0.4) is 0 Å². The van der Waals surface area contributed by atoms with Crippen LogP contribution in [0, 0.1) is 13.8 Å². The van der Waals surface area contributed by atoms with E-state index in [1.54, 1.807) is 0 Å². The normalized spacial score (nSPS) is 19.4. The summed E-state index contributed by atoms with van der Waals surface area (Å²) in [6.07, 6.45) is 2.38. The first kappa shape index (κ1) is 23.2. The summed E-state index contributed by atoms with van der Waals surface area (Å²) < 4.78 is 11.2. The Morgan fingerprint density at radius 1 is 1.25 bits per heavy atom. The molecule has 174 valence electrons. The molecule has 8 heteroatoms. The largest absolute Gasteiger partial charge is 0.379 e. The molecular formula is C24H34N4O3S. The molecule has 1 aromatic carbocycles. The summed E-state index contributed by atoms with van der Waals surface area (Å²) >= 11 is 5.76. The highest BCUT2D eigenvalue weighted by molar-refractivity contribution is 7.80. The number of nitrogens with zero attached hydrogens (tertiary/aromatic N) is 2. The van der Waals surface area contributed by atoms with E-state index in [0.29, 0.717) is 18.2 Å². The molecule has 32 heavy (non-hydrogen) atoms. The number of nitrogens with one attached hydrogen (secondary N) is 2. The van der Waals surface area contributed by atoms with Crippen LogP contribution in [-0.2, 0) is 16.0 Å². The van der Waals surface area contributed by atoms with Crippen LogP contribution in [0.5, 0.6) is 0 Å². The van der Waals surface area contributed by atoms with Crippen molar-refractivity contribution in [2.24, 2.45) is 0 Å². The quantitative estimate of drug-likeness (QED) is 0.617. The van der Waals surface area contributed by atoms with Crippen molar-refractivity contribution in [3.8, 4) is 0 Å². The van der Waals surface area contributed by atoms with E-state index in [-0.39, 0.29) is 11.7 Å². The average molecular weight is 459 g/mol. The second kappa shape index (κ2) is 10.7. The van der Waals surface area contributed by atoms with E-state index in [0.717, 1.165) is 80.9 Å². The molecule has 2 fully saturated rings. The van der Waals surface area contributed by atoms with Gasteiger partial charge in [-0.05, 0) is 62.0 Å². The second-order valence-electron chi connectivity index (χ2n) is 8.87. The van der Waals surface area contributed by atoms with Gasteiger partial charge in [-0.15, -0.1) is 0 Å². The molecule has 7 nitrogen and oxygen atoms in total. The maximum absolute atomic E-state index is 12.9. The molecule has 2 N–H and O–H groups in total. The Labute approximate surface area is 195 Å². The van der Waals surface area contributed by atoms with Gasteiger partial charge in [-0.25, -0.2) is 0 Å². The van der Waals surface area contributed by atoms with E-state index in [1.807, 2.05) is 13.0 Å². The van der Waals surface area contributed by atoms with Gasteiger partial charge in [0.05, 0.1) is 31.4 Å². The molecule has 0 spiro atoms. The zero-order valence-electron chi connectivity index (χ0n) is 19.1. The fraction of sp³-hybridized carbons (Fsp3) is 0.583. The highest BCUT2D eigenvalue weighted by Gasteiger charge is 2.19. The summed E-state index contributed by atoms with van der Waals surface area (Å²) in [5, 5.41) is 5.12. The lowest BCUT2D eigenvalue weighted by molar-refractivity contribution is 0.0356. The number of H-pyrrole nitrogens is 1. The Kier molecular flexibility index (Phi) is 7.78. The van der Waals surface area contributed by atoms with E-state index in [2.05, 4.69) is 39.2 Å². The molecule has 0 saturated carbocycles. The number of pyridine rings is 1. The Bertz CT molecular complexity index is 997. The summed E-state index contributed by atoms with van der Waals surface area (Å²) in [4.78, 5) is 20.5. The van der Waals surface area contributed by atoms with Crippen LogP contribution in [0.15, 0.2) is 23.0 Å². The molecule has 2 aliphatic rings. The van der Waals surface area contributed by atoms with Crippen LogP contribution in [-0.4, -0.2) is 78.5 Å². The summed E-state index contributed by atoms with van der Waals surface area (Å²) in [5.41, 5.74) is 3.85. The van der Waals surface area contributed by atoms with Crippen molar-refractivity contribution >= 4 is 28.2 Å². The summed E-state index contributed by atoms with van der Waals surface area (Å²) in [7, 11) is 0. The molecule has 0 amide bonds. The zero-order chi connectivity index (χ0) is 22.5. The Morgan fingerprint density at radius 3 is 2.81 bits per heavy atom. The molecule has 3 heterocycles. The smallest absolute Gasteiger partial charge is 0.253 e. The number of aromatic amines is 1. The highest BCUT2D eigenvalue weighted by atomic mass is 32.1. The van der Waals surface area contributed by atoms with Gasteiger partial charge in [0.2, 0.25) is 0 Å². The van der Waals surface area contributed by atoms with Gasteiger partial charge >= 0.3 is 0 Å². The SMILES string of the molecule is Cc1cc(C)c2[nH]c(=O)c(CN(CCN3CCOCC3)C(=S)NC[C@H]3CCCO3)cc2c1. The Balaban J connectivity index is 1.50. The van der Waals surface area contributed by atoms with Gasteiger partial charge in [0.1, 0.15) is 0 Å². The maximum atomic E-state index is 12.9. The monoisotopic (exact) mass is 458 g/mol. The number of rotatable bonds is 7. The van der Waals surface area contributed by atoms with E-state index in [1.165, 1.54) is 5.56 Å². The number of morpholine rings is 1. The van der Waals surface area contributed by atoms with Crippen molar-refractivity contribution in [2.75, 3.05) is 52.5 Å². The lowest BCUT2D eigenvalue weighted by atomic mass is 10.1. The van der Waals surface area contributed by atoms with E-state index < -0.39 is 0 Å². The van der Waals surface area contributed by atoms with Crippen molar-refractivity contribution in [2.45, 2.75) is 39.3 Å². The Morgan fingerprint density at radius 2 is 2.06 bits per heavy atom. The minimum absolute atomic E-state index is 0.0530. The van der Waals surface area contributed by atoms with Crippen molar-refractivity contribution in [3.63, 3.8) is 0 Å². The van der Waals surface area contributed by atoms with Gasteiger partial charge in [0.25, 0.3) is 5.56 Å². The van der Waals surface area contributed by atoms with Crippen LogP contribution in [0.2, 0.25) is 0 Å². The van der Waals surface area contributed by atoms with E-state index in [4.69, 9.17) is 21.7 Å². The molecule has 0 radical (unpaired) electrons. The zero-order valence-corrected chi connectivity index (χ0v) is 19.9. The van der Waals surface area contributed by atoms with Gasteiger partial charge in [-0.1, -0.05) is 11.6 Å². The molecule has 0 aliphatic carbocycles. The lowest BCUT2D eigenvalue weighted by Gasteiger charge is -2.31. The predicted octanol–water partition coefficient (Wildman–Crippen LogP) is 2.33. The van der Waals surface area contributed by atoms with Crippen molar-refractivity contribution < 1.29 is 9.47 Å². The third-order valence-electron chi connectivity index (χ3n) is 6.31. The summed E-state index contributed by atoms with van der Waals surface area (Å²) in [6, 6.07) is 6.23. The number of fused-ring (bicyclic) bond motifs is 1. The first-order valence-electron chi connectivity index (χ1n) is 11.6. The molecule has 0 bridgehead atoms. The number of benzene rings is 1. The number of ether oxygens (including phenoxy) is 2. The van der Waals surface area contributed by atoms with Crippen LogP contribution in [0.1, 0.15) is 29.5 Å². The highest BCUT2D eigenvalue weighted by Crippen LogP contribution is 2.19. The van der Waals surface area contributed by atoms with Crippen LogP contribution >= 0.6 is 12.2 Å². The average Bonchev–Trinajstić information content (AvgIpc) is 3.30. The molecule has 1 aromatic heterocycles. The number of aryl methyl sites for hydroxylation is 2. The molecule has 2 saturated heterocycles. The van der Waals surface area contributed by atoms with Crippen LogP contribution in [0.4, 0.5) is 0 Å².